The molecule has 134 valence electrons. The maximum atomic E-state index is 12.6. The summed E-state index contributed by atoms with van der Waals surface area (Å²) in [5, 5.41) is 4.18. The standard InChI is InChI=1S/C21H22N2O3/c1-14-5-6-17(10-15(14)2)20-11-18(22-26-20)12-23(21(24)16-7-8-16)13-19-4-3-9-25-19/h3-6,9-11,16H,7-8,12-13H2,1-2H3. The van der Waals surface area contributed by atoms with E-state index in [1.807, 2.05) is 24.3 Å². The first-order valence-electron chi connectivity index (χ1n) is 8.94. The highest BCUT2D eigenvalue weighted by Gasteiger charge is 2.34. The van der Waals surface area contributed by atoms with Gasteiger partial charge in [0.15, 0.2) is 5.76 Å². The Hall–Kier alpha value is -2.82. The van der Waals surface area contributed by atoms with Gasteiger partial charge in [-0.25, -0.2) is 0 Å². The molecule has 1 saturated carbocycles. The van der Waals surface area contributed by atoms with Crippen molar-refractivity contribution in [1.29, 1.82) is 0 Å². The largest absolute Gasteiger partial charge is 0.467 e. The third-order valence-corrected chi connectivity index (χ3v) is 4.87. The fourth-order valence-electron chi connectivity index (χ4n) is 3.00. The van der Waals surface area contributed by atoms with Gasteiger partial charge < -0.3 is 13.8 Å². The molecule has 0 spiro atoms. The van der Waals surface area contributed by atoms with E-state index in [4.69, 9.17) is 8.94 Å². The number of nitrogens with zero attached hydrogens (tertiary/aromatic N) is 2. The lowest BCUT2D eigenvalue weighted by atomic mass is 10.0. The normalized spacial score (nSPS) is 13.8. The molecule has 1 aromatic carbocycles. The Kier molecular flexibility index (Phi) is 4.37. The Morgan fingerprint density at radius 3 is 2.69 bits per heavy atom. The molecular formula is C21H22N2O3. The summed E-state index contributed by atoms with van der Waals surface area (Å²) in [6.45, 7) is 5.04. The van der Waals surface area contributed by atoms with E-state index in [0.717, 1.165) is 35.6 Å². The Labute approximate surface area is 152 Å². The fraction of sp³-hybridized carbons (Fsp3) is 0.333. The van der Waals surface area contributed by atoms with Crippen molar-refractivity contribution in [3.8, 4) is 11.3 Å². The number of hydrogen-bond donors (Lipinski definition) is 0. The number of benzene rings is 1. The molecule has 5 nitrogen and oxygen atoms in total. The van der Waals surface area contributed by atoms with Crippen molar-refractivity contribution >= 4 is 5.91 Å². The maximum absolute atomic E-state index is 12.6. The molecule has 0 aliphatic heterocycles. The third kappa shape index (κ3) is 3.57. The monoisotopic (exact) mass is 350 g/mol. The van der Waals surface area contributed by atoms with Crippen molar-refractivity contribution in [3.05, 3.63) is 65.2 Å². The van der Waals surface area contributed by atoms with Crippen molar-refractivity contribution in [2.45, 2.75) is 39.8 Å². The molecule has 1 amide bonds. The van der Waals surface area contributed by atoms with Crippen molar-refractivity contribution in [2.75, 3.05) is 0 Å². The first-order chi connectivity index (χ1) is 12.6. The maximum Gasteiger partial charge on any atom is 0.226 e. The van der Waals surface area contributed by atoms with Crippen LogP contribution in [-0.4, -0.2) is 16.0 Å². The highest BCUT2D eigenvalue weighted by atomic mass is 16.5. The molecule has 2 aromatic heterocycles. The second kappa shape index (κ2) is 6.83. The van der Waals surface area contributed by atoms with Crippen LogP contribution in [0.1, 0.15) is 35.4 Å². The van der Waals surface area contributed by atoms with Gasteiger partial charge in [-0.2, -0.15) is 0 Å². The molecular weight excluding hydrogens is 328 g/mol. The van der Waals surface area contributed by atoms with Crippen molar-refractivity contribution in [1.82, 2.24) is 10.1 Å². The molecule has 1 aliphatic rings. The number of carbonyl (C=O) groups is 1. The number of aromatic nitrogens is 1. The third-order valence-electron chi connectivity index (χ3n) is 4.87. The topological polar surface area (TPSA) is 59.5 Å². The van der Waals surface area contributed by atoms with Gasteiger partial charge in [0.1, 0.15) is 11.5 Å². The molecule has 2 heterocycles. The molecule has 4 rings (SSSR count). The van der Waals surface area contributed by atoms with Crippen LogP contribution in [0.5, 0.6) is 0 Å². The number of aryl methyl sites for hydroxylation is 2. The summed E-state index contributed by atoms with van der Waals surface area (Å²) >= 11 is 0. The van der Waals surface area contributed by atoms with Gasteiger partial charge in [0.25, 0.3) is 0 Å². The van der Waals surface area contributed by atoms with Crippen LogP contribution >= 0.6 is 0 Å². The van der Waals surface area contributed by atoms with Crippen LogP contribution in [-0.2, 0) is 17.9 Å². The minimum absolute atomic E-state index is 0.149. The van der Waals surface area contributed by atoms with Crippen LogP contribution in [0.2, 0.25) is 0 Å². The number of hydrogen-bond acceptors (Lipinski definition) is 4. The van der Waals surface area contributed by atoms with Gasteiger partial charge in [0.05, 0.1) is 19.4 Å². The SMILES string of the molecule is Cc1ccc(-c2cc(CN(Cc3ccco3)C(=O)C3CC3)no2)cc1C. The zero-order valence-electron chi connectivity index (χ0n) is 15.1. The van der Waals surface area contributed by atoms with Crippen molar-refractivity contribution < 1.29 is 13.7 Å². The molecule has 0 atom stereocenters. The smallest absolute Gasteiger partial charge is 0.226 e. The van der Waals surface area contributed by atoms with Gasteiger partial charge in [-0.3, -0.25) is 4.79 Å². The number of furan rings is 1. The van der Waals surface area contributed by atoms with E-state index in [9.17, 15) is 4.79 Å². The summed E-state index contributed by atoms with van der Waals surface area (Å²) in [7, 11) is 0. The highest BCUT2D eigenvalue weighted by molar-refractivity contribution is 5.81. The second-order valence-electron chi connectivity index (χ2n) is 7.03. The van der Waals surface area contributed by atoms with Crippen LogP contribution in [0.3, 0.4) is 0 Å². The average Bonchev–Trinajstić information content (AvgIpc) is 3.15. The highest BCUT2D eigenvalue weighted by Crippen LogP contribution is 2.32. The van der Waals surface area contributed by atoms with E-state index in [0.29, 0.717) is 13.1 Å². The summed E-state index contributed by atoms with van der Waals surface area (Å²) in [5.41, 5.74) is 4.20. The molecule has 0 unspecified atom stereocenters. The lowest BCUT2D eigenvalue weighted by Crippen LogP contribution is -2.31. The molecule has 0 radical (unpaired) electrons. The Morgan fingerprint density at radius 2 is 2.00 bits per heavy atom. The van der Waals surface area contributed by atoms with Crippen LogP contribution in [0.15, 0.2) is 51.6 Å². The van der Waals surface area contributed by atoms with E-state index < -0.39 is 0 Å². The van der Waals surface area contributed by atoms with Crippen molar-refractivity contribution in [3.63, 3.8) is 0 Å². The first kappa shape index (κ1) is 16.6. The van der Waals surface area contributed by atoms with Crippen LogP contribution in [0.4, 0.5) is 0 Å². The molecule has 1 aliphatic carbocycles. The summed E-state index contributed by atoms with van der Waals surface area (Å²) in [4.78, 5) is 14.4. The molecule has 0 saturated heterocycles. The molecule has 3 aromatic rings. The Bertz CT molecular complexity index is 907. The second-order valence-corrected chi connectivity index (χ2v) is 7.03. The van der Waals surface area contributed by atoms with Gasteiger partial charge in [-0.15, -0.1) is 0 Å². The van der Waals surface area contributed by atoms with Gasteiger partial charge in [-0.1, -0.05) is 17.3 Å². The van der Waals surface area contributed by atoms with E-state index in [-0.39, 0.29) is 11.8 Å². The number of amides is 1. The zero-order chi connectivity index (χ0) is 18.1. The lowest BCUT2D eigenvalue weighted by Gasteiger charge is -2.20. The van der Waals surface area contributed by atoms with Crippen molar-refractivity contribution in [2.24, 2.45) is 5.92 Å². The predicted molar refractivity (Wildman–Crippen MR) is 97.1 cm³/mol. The Morgan fingerprint density at radius 1 is 1.15 bits per heavy atom. The predicted octanol–water partition coefficient (Wildman–Crippen LogP) is 4.49. The summed E-state index contributed by atoms with van der Waals surface area (Å²) in [6, 6.07) is 11.8. The van der Waals surface area contributed by atoms with E-state index in [1.54, 1.807) is 11.2 Å². The van der Waals surface area contributed by atoms with Gasteiger partial charge in [0, 0.05) is 17.5 Å². The lowest BCUT2D eigenvalue weighted by molar-refractivity contribution is -0.134. The van der Waals surface area contributed by atoms with Crippen LogP contribution in [0.25, 0.3) is 11.3 Å². The van der Waals surface area contributed by atoms with Gasteiger partial charge in [-0.05, 0) is 56.0 Å². The Balaban J connectivity index is 1.53. The first-order valence-corrected chi connectivity index (χ1v) is 8.94. The molecule has 0 N–H and O–H groups in total. The number of carbonyl (C=O) groups excluding carboxylic acids is 1. The van der Waals surface area contributed by atoms with E-state index >= 15 is 0 Å². The molecule has 5 heteroatoms. The summed E-state index contributed by atoms with van der Waals surface area (Å²) < 4.78 is 10.9. The molecule has 1 fully saturated rings. The average molecular weight is 350 g/mol. The quantitative estimate of drug-likeness (QED) is 0.657. The van der Waals surface area contributed by atoms with E-state index in [2.05, 4.69) is 31.1 Å². The minimum Gasteiger partial charge on any atom is -0.467 e. The minimum atomic E-state index is 0.149. The van der Waals surface area contributed by atoms with Gasteiger partial charge in [0.2, 0.25) is 5.91 Å². The van der Waals surface area contributed by atoms with E-state index in [1.165, 1.54) is 11.1 Å². The van der Waals surface area contributed by atoms with Gasteiger partial charge >= 0.3 is 0 Å². The van der Waals surface area contributed by atoms with Crippen LogP contribution < -0.4 is 0 Å². The summed E-state index contributed by atoms with van der Waals surface area (Å²) in [5.74, 6) is 1.81. The number of rotatable bonds is 6. The summed E-state index contributed by atoms with van der Waals surface area (Å²) in [6.07, 6.45) is 3.57. The fourth-order valence-corrected chi connectivity index (χ4v) is 3.00. The molecule has 26 heavy (non-hydrogen) atoms. The zero-order valence-corrected chi connectivity index (χ0v) is 15.1. The molecule has 0 bridgehead atoms. The van der Waals surface area contributed by atoms with Crippen LogP contribution in [0, 0.1) is 19.8 Å².